The number of benzene rings is 1. The Hall–Kier alpha value is -1.44. The Morgan fingerprint density at radius 2 is 1.85 bits per heavy atom. The van der Waals surface area contributed by atoms with E-state index in [9.17, 15) is 13.2 Å². The molecule has 0 radical (unpaired) electrons. The number of amides is 1. The topological polar surface area (TPSA) is 69.7 Å². The fraction of sp³-hybridized carbons (Fsp3) is 0.632. The summed E-state index contributed by atoms with van der Waals surface area (Å²) in [5.74, 6) is 0.797. The van der Waals surface area contributed by atoms with E-state index in [-0.39, 0.29) is 11.7 Å². The molecule has 6 nitrogen and oxygen atoms in total. The SMILES string of the molecule is CS(=O)(=O)CCN1CCN(C(=O)c2ccc(C3CCCNC3)cc2)CC1. The molecule has 1 aromatic carbocycles. The van der Waals surface area contributed by atoms with E-state index >= 15 is 0 Å². The first-order valence-corrected chi connectivity index (χ1v) is 11.5. The van der Waals surface area contributed by atoms with Gasteiger partial charge in [0.1, 0.15) is 9.84 Å². The van der Waals surface area contributed by atoms with E-state index in [0.29, 0.717) is 25.6 Å². The molecule has 0 saturated carbocycles. The maximum atomic E-state index is 12.7. The number of piperidine rings is 1. The van der Waals surface area contributed by atoms with Crippen LogP contribution in [0.3, 0.4) is 0 Å². The van der Waals surface area contributed by atoms with E-state index < -0.39 is 9.84 Å². The van der Waals surface area contributed by atoms with Gasteiger partial charge in [0.15, 0.2) is 0 Å². The van der Waals surface area contributed by atoms with Crippen molar-refractivity contribution in [3.63, 3.8) is 0 Å². The zero-order valence-electron chi connectivity index (χ0n) is 15.5. The molecule has 2 fully saturated rings. The zero-order chi connectivity index (χ0) is 18.6. The summed E-state index contributed by atoms with van der Waals surface area (Å²) in [6.45, 7) is 5.42. The van der Waals surface area contributed by atoms with Crippen LogP contribution >= 0.6 is 0 Å². The maximum Gasteiger partial charge on any atom is 0.253 e. The number of carbonyl (C=O) groups excluding carboxylic acids is 1. The van der Waals surface area contributed by atoms with Crippen molar-refractivity contribution < 1.29 is 13.2 Å². The van der Waals surface area contributed by atoms with Crippen molar-refractivity contribution >= 4 is 15.7 Å². The van der Waals surface area contributed by atoms with Gasteiger partial charge in [-0.25, -0.2) is 8.42 Å². The maximum absolute atomic E-state index is 12.7. The molecule has 0 bridgehead atoms. The molecule has 1 N–H and O–H groups in total. The lowest BCUT2D eigenvalue weighted by Gasteiger charge is -2.34. The number of piperazine rings is 1. The molecule has 0 aliphatic carbocycles. The summed E-state index contributed by atoms with van der Waals surface area (Å²) >= 11 is 0. The molecule has 144 valence electrons. The third-order valence-corrected chi connectivity index (χ3v) is 6.29. The van der Waals surface area contributed by atoms with Crippen LogP contribution in [0.2, 0.25) is 0 Å². The molecule has 7 heteroatoms. The lowest BCUT2D eigenvalue weighted by atomic mass is 9.91. The average Bonchev–Trinajstić information content (AvgIpc) is 2.66. The first-order valence-electron chi connectivity index (χ1n) is 9.42. The van der Waals surface area contributed by atoms with Gasteiger partial charge >= 0.3 is 0 Å². The first kappa shape index (κ1) is 19.3. The summed E-state index contributed by atoms with van der Waals surface area (Å²) in [5, 5.41) is 3.43. The molecule has 0 aromatic heterocycles. The van der Waals surface area contributed by atoms with Gasteiger partial charge in [0.05, 0.1) is 5.75 Å². The van der Waals surface area contributed by atoms with Crippen LogP contribution in [0.4, 0.5) is 0 Å². The van der Waals surface area contributed by atoms with Crippen LogP contribution < -0.4 is 5.32 Å². The van der Waals surface area contributed by atoms with E-state index in [1.807, 2.05) is 17.0 Å². The third-order valence-electron chi connectivity index (χ3n) is 5.36. The molecule has 2 aliphatic rings. The number of hydrogen-bond donors (Lipinski definition) is 1. The molecule has 1 unspecified atom stereocenters. The van der Waals surface area contributed by atoms with Gasteiger partial charge in [-0.05, 0) is 43.0 Å². The normalized spacial score (nSPS) is 22.3. The lowest BCUT2D eigenvalue weighted by Crippen LogP contribution is -2.49. The molecule has 2 saturated heterocycles. The van der Waals surface area contributed by atoms with Crippen LogP contribution in [0.15, 0.2) is 24.3 Å². The van der Waals surface area contributed by atoms with E-state index in [0.717, 1.165) is 31.7 Å². The Morgan fingerprint density at radius 1 is 1.15 bits per heavy atom. The standard InChI is InChI=1S/C19H29N3O3S/c1-26(24,25)14-13-21-9-11-22(12-10-21)19(23)17-6-4-16(5-7-17)18-3-2-8-20-15-18/h4-7,18,20H,2-3,8-15H2,1H3. The Labute approximate surface area is 156 Å². The van der Waals surface area contributed by atoms with Crippen molar-refractivity contribution in [3.05, 3.63) is 35.4 Å². The van der Waals surface area contributed by atoms with Crippen LogP contribution in [0.1, 0.15) is 34.7 Å². The molecule has 3 rings (SSSR count). The van der Waals surface area contributed by atoms with Gasteiger partial charge in [-0.2, -0.15) is 0 Å². The predicted molar refractivity (Wildman–Crippen MR) is 103 cm³/mol. The second-order valence-corrected chi connectivity index (χ2v) is 9.69. The predicted octanol–water partition coefficient (Wildman–Crippen LogP) is 0.956. The number of carbonyl (C=O) groups is 1. The number of rotatable bonds is 5. The fourth-order valence-electron chi connectivity index (χ4n) is 3.69. The molecule has 26 heavy (non-hydrogen) atoms. The highest BCUT2D eigenvalue weighted by molar-refractivity contribution is 7.90. The second-order valence-electron chi connectivity index (χ2n) is 7.43. The van der Waals surface area contributed by atoms with E-state index in [2.05, 4.69) is 22.3 Å². The summed E-state index contributed by atoms with van der Waals surface area (Å²) in [6, 6.07) is 8.07. The summed E-state index contributed by atoms with van der Waals surface area (Å²) < 4.78 is 22.6. The van der Waals surface area contributed by atoms with Crippen molar-refractivity contribution in [2.75, 3.05) is 57.8 Å². The number of nitrogens with one attached hydrogen (secondary N) is 1. The Balaban J connectivity index is 1.52. The van der Waals surface area contributed by atoms with Gasteiger partial charge in [0.2, 0.25) is 0 Å². The highest BCUT2D eigenvalue weighted by Crippen LogP contribution is 2.23. The van der Waals surface area contributed by atoms with Crippen molar-refractivity contribution in [1.29, 1.82) is 0 Å². The fourth-order valence-corrected chi connectivity index (χ4v) is 4.28. The van der Waals surface area contributed by atoms with Gasteiger partial charge in [-0.15, -0.1) is 0 Å². The largest absolute Gasteiger partial charge is 0.336 e. The minimum absolute atomic E-state index is 0.0704. The summed E-state index contributed by atoms with van der Waals surface area (Å²) in [7, 11) is -2.94. The lowest BCUT2D eigenvalue weighted by molar-refractivity contribution is 0.0644. The summed E-state index contributed by atoms with van der Waals surface area (Å²) in [4.78, 5) is 16.7. The monoisotopic (exact) mass is 379 g/mol. The smallest absolute Gasteiger partial charge is 0.253 e. The number of hydrogen-bond acceptors (Lipinski definition) is 5. The highest BCUT2D eigenvalue weighted by atomic mass is 32.2. The Kier molecular flexibility index (Phi) is 6.32. The van der Waals surface area contributed by atoms with Crippen molar-refractivity contribution in [2.45, 2.75) is 18.8 Å². The van der Waals surface area contributed by atoms with Crippen molar-refractivity contribution in [3.8, 4) is 0 Å². The summed E-state index contributed by atoms with van der Waals surface area (Å²) in [6.07, 6.45) is 3.67. The van der Waals surface area contributed by atoms with E-state index in [1.54, 1.807) is 0 Å². The molecule has 1 atom stereocenters. The molecule has 2 heterocycles. The molecule has 1 aromatic rings. The molecule has 0 spiro atoms. The molecule has 2 aliphatic heterocycles. The van der Waals surface area contributed by atoms with Crippen LogP contribution in [0, 0.1) is 0 Å². The van der Waals surface area contributed by atoms with Crippen LogP contribution in [0.5, 0.6) is 0 Å². The molecule has 1 amide bonds. The van der Waals surface area contributed by atoms with Gasteiger partial charge in [0, 0.05) is 51.1 Å². The van der Waals surface area contributed by atoms with Crippen molar-refractivity contribution in [1.82, 2.24) is 15.1 Å². The van der Waals surface area contributed by atoms with E-state index in [1.165, 1.54) is 24.7 Å². The van der Waals surface area contributed by atoms with Crippen LogP contribution in [-0.2, 0) is 9.84 Å². The first-order chi connectivity index (χ1) is 12.4. The van der Waals surface area contributed by atoms with Gasteiger partial charge < -0.3 is 10.2 Å². The third kappa shape index (κ3) is 5.28. The Bertz CT molecular complexity index is 704. The number of nitrogens with zero attached hydrogens (tertiary/aromatic N) is 2. The second kappa shape index (κ2) is 8.50. The van der Waals surface area contributed by atoms with E-state index in [4.69, 9.17) is 0 Å². The van der Waals surface area contributed by atoms with Gasteiger partial charge in [0.25, 0.3) is 5.91 Å². The van der Waals surface area contributed by atoms with Crippen LogP contribution in [0.25, 0.3) is 0 Å². The van der Waals surface area contributed by atoms with Crippen molar-refractivity contribution in [2.24, 2.45) is 0 Å². The number of sulfone groups is 1. The minimum atomic E-state index is -2.94. The zero-order valence-corrected chi connectivity index (χ0v) is 16.3. The van der Waals surface area contributed by atoms with Gasteiger partial charge in [-0.3, -0.25) is 9.69 Å². The van der Waals surface area contributed by atoms with Gasteiger partial charge in [-0.1, -0.05) is 12.1 Å². The minimum Gasteiger partial charge on any atom is -0.336 e. The Morgan fingerprint density at radius 3 is 2.42 bits per heavy atom. The average molecular weight is 380 g/mol. The quantitative estimate of drug-likeness (QED) is 0.825. The summed E-state index contributed by atoms with van der Waals surface area (Å²) in [5.41, 5.74) is 2.04. The highest BCUT2D eigenvalue weighted by Gasteiger charge is 2.23. The molecular formula is C19H29N3O3S. The molecular weight excluding hydrogens is 350 g/mol. The van der Waals surface area contributed by atoms with Crippen LogP contribution in [-0.4, -0.2) is 81.9 Å².